The maximum atomic E-state index is 12.7. The number of anilines is 1. The monoisotopic (exact) mass is 446 g/mol. The Morgan fingerprint density at radius 3 is 2.53 bits per heavy atom. The predicted molar refractivity (Wildman–Crippen MR) is 113 cm³/mol. The van der Waals surface area contributed by atoms with Crippen LogP contribution < -0.4 is 5.32 Å². The van der Waals surface area contributed by atoms with Gasteiger partial charge in [-0.05, 0) is 36.6 Å². The number of aromatic nitrogens is 1. The molecule has 30 heavy (non-hydrogen) atoms. The minimum Gasteiger partial charge on any atom is -0.302 e. The van der Waals surface area contributed by atoms with E-state index in [0.717, 1.165) is 12.8 Å². The van der Waals surface area contributed by atoms with Gasteiger partial charge in [-0.3, -0.25) is 14.9 Å². The lowest BCUT2D eigenvalue weighted by atomic mass is 10.1. The minimum absolute atomic E-state index is 0.0370. The number of rotatable bonds is 6. The van der Waals surface area contributed by atoms with Crippen LogP contribution in [0.25, 0.3) is 10.2 Å². The number of amides is 1. The first-order chi connectivity index (χ1) is 14.3. The molecule has 2 heterocycles. The Kier molecular flexibility index (Phi) is 5.50. The summed E-state index contributed by atoms with van der Waals surface area (Å²) in [6.45, 7) is 1.07. The number of fused-ring (bicyclic) bond motifs is 1. The molecule has 0 unspecified atom stereocenters. The van der Waals surface area contributed by atoms with Crippen molar-refractivity contribution in [2.45, 2.75) is 24.2 Å². The number of nitro benzene ring substituents is 1. The molecule has 11 heteroatoms. The highest BCUT2D eigenvalue weighted by molar-refractivity contribution is 7.89. The number of benzene rings is 2. The third-order valence-corrected chi connectivity index (χ3v) is 7.65. The summed E-state index contributed by atoms with van der Waals surface area (Å²) in [5, 5.41) is 13.8. The molecular formula is C19H18N4O5S2. The molecule has 1 amide bonds. The van der Waals surface area contributed by atoms with Crippen LogP contribution in [-0.2, 0) is 21.2 Å². The standard InChI is InChI=1S/C19H18N4O5S2/c24-18(11-13-3-5-14(6-4-13)23(25)26)21-19-20-16-8-7-15(12-17(16)29-19)30(27,28)22-9-1-2-10-22/h3-8,12H,1-2,9-11H2,(H,20,21,24). The lowest BCUT2D eigenvalue weighted by Crippen LogP contribution is -2.27. The summed E-state index contributed by atoms with van der Waals surface area (Å²) in [6, 6.07) is 10.5. The van der Waals surface area contributed by atoms with E-state index in [2.05, 4.69) is 10.3 Å². The Labute approximate surface area is 176 Å². The summed E-state index contributed by atoms with van der Waals surface area (Å²) in [6.07, 6.45) is 1.78. The molecule has 1 fully saturated rings. The van der Waals surface area contributed by atoms with Gasteiger partial charge in [0.2, 0.25) is 15.9 Å². The molecular weight excluding hydrogens is 428 g/mol. The number of nitrogens with one attached hydrogen (secondary N) is 1. The highest BCUT2D eigenvalue weighted by Gasteiger charge is 2.27. The zero-order valence-corrected chi connectivity index (χ0v) is 17.4. The number of carbonyl (C=O) groups excluding carboxylic acids is 1. The third kappa shape index (κ3) is 4.18. The van der Waals surface area contributed by atoms with Crippen LogP contribution in [0.5, 0.6) is 0 Å². The van der Waals surface area contributed by atoms with Gasteiger partial charge in [0.05, 0.1) is 26.5 Å². The van der Waals surface area contributed by atoms with E-state index in [1.54, 1.807) is 12.1 Å². The van der Waals surface area contributed by atoms with E-state index in [0.29, 0.717) is 34.0 Å². The van der Waals surface area contributed by atoms with E-state index >= 15 is 0 Å². The van der Waals surface area contributed by atoms with Crippen molar-refractivity contribution in [2.24, 2.45) is 0 Å². The molecule has 0 atom stereocenters. The summed E-state index contributed by atoms with van der Waals surface area (Å²) in [4.78, 5) is 27.1. The van der Waals surface area contributed by atoms with Gasteiger partial charge >= 0.3 is 0 Å². The van der Waals surface area contributed by atoms with Crippen molar-refractivity contribution < 1.29 is 18.1 Å². The number of hydrogen-bond donors (Lipinski definition) is 1. The molecule has 4 rings (SSSR count). The molecule has 1 N–H and O–H groups in total. The highest BCUT2D eigenvalue weighted by atomic mass is 32.2. The Balaban J connectivity index is 1.48. The number of non-ortho nitro benzene ring substituents is 1. The first-order valence-corrected chi connectivity index (χ1v) is 11.5. The van der Waals surface area contributed by atoms with E-state index in [1.165, 1.54) is 46.0 Å². The maximum Gasteiger partial charge on any atom is 0.269 e. The molecule has 0 radical (unpaired) electrons. The Morgan fingerprint density at radius 2 is 1.87 bits per heavy atom. The molecule has 1 aliphatic rings. The predicted octanol–water partition coefficient (Wildman–Crippen LogP) is 3.17. The molecule has 0 bridgehead atoms. The molecule has 156 valence electrons. The van der Waals surface area contributed by atoms with Crippen LogP contribution in [0.3, 0.4) is 0 Å². The second-order valence-corrected chi connectivity index (χ2v) is 9.88. The maximum absolute atomic E-state index is 12.7. The molecule has 1 aliphatic heterocycles. The summed E-state index contributed by atoms with van der Waals surface area (Å²) >= 11 is 1.20. The first-order valence-electron chi connectivity index (χ1n) is 9.27. The number of hydrogen-bond acceptors (Lipinski definition) is 7. The molecule has 1 saturated heterocycles. The van der Waals surface area contributed by atoms with Crippen LogP contribution in [-0.4, -0.2) is 41.6 Å². The van der Waals surface area contributed by atoms with Gasteiger partial charge < -0.3 is 5.32 Å². The Bertz CT molecular complexity index is 1220. The quantitative estimate of drug-likeness (QED) is 0.458. The van der Waals surface area contributed by atoms with Crippen LogP contribution >= 0.6 is 11.3 Å². The van der Waals surface area contributed by atoms with Gasteiger partial charge in [0.1, 0.15) is 0 Å². The van der Waals surface area contributed by atoms with Crippen LogP contribution in [0.4, 0.5) is 10.8 Å². The summed E-state index contributed by atoms with van der Waals surface area (Å²) in [7, 11) is -3.52. The summed E-state index contributed by atoms with van der Waals surface area (Å²) in [5.74, 6) is -0.312. The van der Waals surface area contributed by atoms with Crippen molar-refractivity contribution in [3.8, 4) is 0 Å². The smallest absolute Gasteiger partial charge is 0.269 e. The van der Waals surface area contributed by atoms with Gasteiger partial charge in [0, 0.05) is 25.2 Å². The average molecular weight is 447 g/mol. The second-order valence-electron chi connectivity index (χ2n) is 6.91. The SMILES string of the molecule is O=C(Cc1ccc([N+](=O)[O-])cc1)Nc1nc2ccc(S(=O)(=O)N3CCCC3)cc2s1. The van der Waals surface area contributed by atoms with Crippen molar-refractivity contribution >= 4 is 48.3 Å². The summed E-state index contributed by atoms with van der Waals surface area (Å²) < 4.78 is 27.6. The lowest BCUT2D eigenvalue weighted by molar-refractivity contribution is -0.384. The zero-order chi connectivity index (χ0) is 21.3. The largest absolute Gasteiger partial charge is 0.302 e. The third-order valence-electron chi connectivity index (χ3n) is 4.82. The molecule has 0 aliphatic carbocycles. The van der Waals surface area contributed by atoms with Gasteiger partial charge in [-0.25, -0.2) is 13.4 Å². The number of sulfonamides is 1. The normalized spacial score (nSPS) is 14.8. The fourth-order valence-corrected chi connectivity index (χ4v) is 5.82. The summed E-state index contributed by atoms with van der Waals surface area (Å²) in [5.41, 5.74) is 1.20. The number of thiazole rings is 1. The first kappa shape index (κ1) is 20.4. The fourth-order valence-electron chi connectivity index (χ4n) is 3.28. The number of carbonyl (C=O) groups is 1. The molecule has 0 saturated carbocycles. The van der Waals surface area contributed by atoms with Gasteiger partial charge in [0.15, 0.2) is 5.13 Å². The number of nitro groups is 1. The van der Waals surface area contributed by atoms with E-state index in [9.17, 15) is 23.3 Å². The topological polar surface area (TPSA) is 123 Å². The van der Waals surface area contributed by atoms with E-state index in [-0.39, 0.29) is 22.9 Å². The van der Waals surface area contributed by atoms with Crippen LogP contribution in [0, 0.1) is 10.1 Å². The zero-order valence-electron chi connectivity index (χ0n) is 15.8. The molecule has 3 aromatic rings. The second kappa shape index (κ2) is 8.09. The Morgan fingerprint density at radius 1 is 1.17 bits per heavy atom. The van der Waals surface area contributed by atoms with Crippen LogP contribution in [0.15, 0.2) is 47.4 Å². The minimum atomic E-state index is -3.52. The highest BCUT2D eigenvalue weighted by Crippen LogP contribution is 2.30. The van der Waals surface area contributed by atoms with Gasteiger partial charge in [-0.15, -0.1) is 0 Å². The van der Waals surface area contributed by atoms with E-state index in [1.807, 2.05) is 0 Å². The molecule has 2 aromatic carbocycles. The van der Waals surface area contributed by atoms with Crippen LogP contribution in [0.1, 0.15) is 18.4 Å². The van der Waals surface area contributed by atoms with Crippen molar-refractivity contribution in [1.29, 1.82) is 0 Å². The fraction of sp³-hybridized carbons (Fsp3) is 0.263. The van der Waals surface area contributed by atoms with Crippen LogP contribution in [0.2, 0.25) is 0 Å². The number of nitrogens with zero attached hydrogens (tertiary/aromatic N) is 3. The average Bonchev–Trinajstić information content (AvgIpc) is 3.37. The van der Waals surface area contributed by atoms with Crippen molar-refractivity contribution in [3.63, 3.8) is 0 Å². The van der Waals surface area contributed by atoms with Crippen molar-refractivity contribution in [3.05, 3.63) is 58.1 Å². The van der Waals surface area contributed by atoms with Crippen molar-refractivity contribution in [1.82, 2.24) is 9.29 Å². The van der Waals surface area contributed by atoms with E-state index in [4.69, 9.17) is 0 Å². The van der Waals surface area contributed by atoms with Gasteiger partial charge in [-0.2, -0.15) is 4.31 Å². The van der Waals surface area contributed by atoms with Gasteiger partial charge in [0.25, 0.3) is 5.69 Å². The molecule has 1 aromatic heterocycles. The van der Waals surface area contributed by atoms with Crippen molar-refractivity contribution in [2.75, 3.05) is 18.4 Å². The lowest BCUT2D eigenvalue weighted by Gasteiger charge is -2.15. The van der Waals surface area contributed by atoms with Gasteiger partial charge in [-0.1, -0.05) is 23.5 Å². The Hall–Kier alpha value is -2.89. The molecule has 0 spiro atoms. The molecule has 9 nitrogen and oxygen atoms in total. The van der Waals surface area contributed by atoms with E-state index < -0.39 is 14.9 Å².